The molecule has 1 unspecified atom stereocenters. The van der Waals surface area contributed by atoms with E-state index >= 15 is 0 Å². The van der Waals surface area contributed by atoms with Gasteiger partial charge in [0.05, 0.1) is 18.1 Å². The molecule has 4 rings (SSSR count). The van der Waals surface area contributed by atoms with Crippen molar-refractivity contribution < 1.29 is 27.5 Å². The van der Waals surface area contributed by atoms with Crippen molar-refractivity contribution in [3.05, 3.63) is 60.2 Å². The standard InChI is InChI=1S/C22H24N4O6S/c1-22(16-5-3-2-4-6-16)20(28)26(21(29)24-22)15-19(27)23-17-7-9-18(10-8-17)33(30,31)25-11-13-32-14-12-25/h2-10H,11-15H2,1H3,(H,23,27)(H,24,29). The number of rotatable bonds is 6. The molecule has 0 aromatic heterocycles. The van der Waals surface area contributed by atoms with Crippen molar-refractivity contribution in [2.24, 2.45) is 0 Å². The molecule has 2 fully saturated rings. The van der Waals surface area contributed by atoms with E-state index in [1.54, 1.807) is 37.3 Å². The maximum atomic E-state index is 12.9. The van der Waals surface area contributed by atoms with Gasteiger partial charge in [0.1, 0.15) is 12.1 Å². The Bertz CT molecular complexity index is 1160. The number of sulfonamides is 1. The maximum absolute atomic E-state index is 12.9. The zero-order valence-electron chi connectivity index (χ0n) is 18.0. The molecule has 0 saturated carbocycles. The van der Waals surface area contributed by atoms with Crippen LogP contribution >= 0.6 is 0 Å². The molecule has 2 aromatic carbocycles. The number of nitrogens with one attached hydrogen (secondary N) is 2. The van der Waals surface area contributed by atoms with Crippen molar-refractivity contribution >= 4 is 33.6 Å². The molecular formula is C22H24N4O6S. The van der Waals surface area contributed by atoms with Gasteiger partial charge in [0.2, 0.25) is 15.9 Å². The first-order valence-corrected chi connectivity index (χ1v) is 11.8. The third-order valence-electron chi connectivity index (χ3n) is 5.67. The van der Waals surface area contributed by atoms with E-state index in [0.717, 1.165) is 4.90 Å². The molecule has 1 atom stereocenters. The zero-order valence-corrected chi connectivity index (χ0v) is 18.8. The van der Waals surface area contributed by atoms with Crippen molar-refractivity contribution in [3.8, 4) is 0 Å². The quantitative estimate of drug-likeness (QED) is 0.607. The summed E-state index contributed by atoms with van der Waals surface area (Å²) in [7, 11) is -3.65. The topological polar surface area (TPSA) is 125 Å². The fourth-order valence-electron chi connectivity index (χ4n) is 3.80. The highest BCUT2D eigenvalue weighted by Crippen LogP contribution is 2.28. The van der Waals surface area contributed by atoms with E-state index in [2.05, 4.69) is 10.6 Å². The number of ether oxygens (including phenoxy) is 1. The molecule has 2 aliphatic rings. The van der Waals surface area contributed by atoms with E-state index in [-0.39, 0.29) is 18.0 Å². The van der Waals surface area contributed by atoms with E-state index in [0.29, 0.717) is 24.5 Å². The van der Waals surface area contributed by atoms with E-state index in [1.165, 1.54) is 28.6 Å². The van der Waals surface area contributed by atoms with Gasteiger partial charge in [-0.25, -0.2) is 13.2 Å². The van der Waals surface area contributed by atoms with Crippen LogP contribution in [0.3, 0.4) is 0 Å². The number of anilines is 1. The number of morpholine rings is 1. The number of benzene rings is 2. The van der Waals surface area contributed by atoms with Crippen LogP contribution in [0.15, 0.2) is 59.5 Å². The van der Waals surface area contributed by atoms with Crippen LogP contribution in [0, 0.1) is 0 Å². The predicted octanol–water partition coefficient (Wildman–Crippen LogP) is 1.11. The summed E-state index contributed by atoms with van der Waals surface area (Å²) in [5, 5.41) is 5.24. The number of imide groups is 1. The first-order chi connectivity index (χ1) is 15.7. The molecule has 2 aliphatic heterocycles. The van der Waals surface area contributed by atoms with Crippen LogP contribution in [-0.4, -0.2) is 68.3 Å². The first-order valence-electron chi connectivity index (χ1n) is 10.4. The molecule has 2 N–H and O–H groups in total. The second-order valence-corrected chi connectivity index (χ2v) is 9.84. The average Bonchev–Trinajstić information content (AvgIpc) is 3.04. The van der Waals surface area contributed by atoms with Gasteiger partial charge in [-0.1, -0.05) is 30.3 Å². The number of carbonyl (C=O) groups excluding carboxylic acids is 3. The summed E-state index contributed by atoms with van der Waals surface area (Å²) in [5.41, 5.74) is -0.296. The second kappa shape index (κ2) is 8.93. The third kappa shape index (κ3) is 4.47. The van der Waals surface area contributed by atoms with Gasteiger partial charge in [-0.05, 0) is 36.8 Å². The number of amides is 4. The average molecular weight is 473 g/mol. The van der Waals surface area contributed by atoms with Gasteiger partial charge in [0.25, 0.3) is 5.91 Å². The minimum Gasteiger partial charge on any atom is -0.379 e. The highest BCUT2D eigenvalue weighted by Gasteiger charge is 2.49. The molecule has 2 aromatic rings. The van der Waals surface area contributed by atoms with Crippen LogP contribution in [0.5, 0.6) is 0 Å². The van der Waals surface area contributed by atoms with Crippen molar-refractivity contribution in [2.45, 2.75) is 17.4 Å². The van der Waals surface area contributed by atoms with E-state index < -0.39 is 40.0 Å². The zero-order chi connectivity index (χ0) is 23.6. The lowest BCUT2D eigenvalue weighted by atomic mass is 9.92. The van der Waals surface area contributed by atoms with Crippen LogP contribution in [0.25, 0.3) is 0 Å². The van der Waals surface area contributed by atoms with Gasteiger partial charge in [-0.3, -0.25) is 14.5 Å². The molecule has 174 valence electrons. The highest BCUT2D eigenvalue weighted by molar-refractivity contribution is 7.89. The van der Waals surface area contributed by atoms with Crippen molar-refractivity contribution in [3.63, 3.8) is 0 Å². The molecule has 0 bridgehead atoms. The molecule has 0 spiro atoms. The molecule has 33 heavy (non-hydrogen) atoms. The Morgan fingerprint density at radius 3 is 2.33 bits per heavy atom. The van der Waals surface area contributed by atoms with Crippen LogP contribution < -0.4 is 10.6 Å². The smallest absolute Gasteiger partial charge is 0.325 e. The maximum Gasteiger partial charge on any atom is 0.325 e. The Hall–Kier alpha value is -3.28. The molecule has 2 heterocycles. The lowest BCUT2D eigenvalue weighted by Gasteiger charge is -2.26. The minimum absolute atomic E-state index is 0.107. The van der Waals surface area contributed by atoms with Crippen molar-refractivity contribution in [2.75, 3.05) is 38.2 Å². The van der Waals surface area contributed by atoms with Gasteiger partial charge in [0, 0.05) is 18.8 Å². The Kier molecular flexibility index (Phi) is 6.19. The lowest BCUT2D eigenvalue weighted by Crippen LogP contribution is -2.42. The molecule has 11 heteroatoms. The number of nitrogens with zero attached hydrogens (tertiary/aromatic N) is 2. The first kappa shape index (κ1) is 22.9. The predicted molar refractivity (Wildman–Crippen MR) is 119 cm³/mol. The van der Waals surface area contributed by atoms with Crippen LogP contribution in [-0.2, 0) is 29.9 Å². The Morgan fingerprint density at radius 1 is 1.06 bits per heavy atom. The summed E-state index contributed by atoms with van der Waals surface area (Å²) in [6, 6.07) is 13.9. The fourth-order valence-corrected chi connectivity index (χ4v) is 5.21. The van der Waals surface area contributed by atoms with Crippen LogP contribution in [0.2, 0.25) is 0 Å². The summed E-state index contributed by atoms with van der Waals surface area (Å²) < 4.78 is 31.9. The Balaban J connectivity index is 1.41. The van der Waals surface area contributed by atoms with Crippen molar-refractivity contribution in [1.29, 1.82) is 0 Å². The summed E-state index contributed by atoms with van der Waals surface area (Å²) >= 11 is 0. The number of hydrogen-bond donors (Lipinski definition) is 2. The van der Waals surface area contributed by atoms with Gasteiger partial charge in [-0.2, -0.15) is 4.31 Å². The highest BCUT2D eigenvalue weighted by atomic mass is 32.2. The number of urea groups is 1. The number of carbonyl (C=O) groups is 3. The van der Waals surface area contributed by atoms with Gasteiger partial charge >= 0.3 is 6.03 Å². The molecule has 4 amide bonds. The third-order valence-corrected chi connectivity index (χ3v) is 7.59. The molecule has 10 nitrogen and oxygen atoms in total. The van der Waals surface area contributed by atoms with Gasteiger partial charge in [-0.15, -0.1) is 0 Å². The normalized spacial score (nSPS) is 21.7. The largest absolute Gasteiger partial charge is 0.379 e. The molecule has 0 aliphatic carbocycles. The summed E-state index contributed by atoms with van der Waals surface area (Å²) in [6.45, 7) is 2.39. The van der Waals surface area contributed by atoms with Crippen LogP contribution in [0.4, 0.5) is 10.5 Å². The van der Waals surface area contributed by atoms with Crippen molar-refractivity contribution in [1.82, 2.24) is 14.5 Å². The molecule has 0 radical (unpaired) electrons. The molecular weight excluding hydrogens is 448 g/mol. The lowest BCUT2D eigenvalue weighted by molar-refractivity contribution is -0.133. The summed E-state index contributed by atoms with van der Waals surface area (Å²) in [5.74, 6) is -1.11. The van der Waals surface area contributed by atoms with Gasteiger partial charge in [0.15, 0.2) is 0 Å². The minimum atomic E-state index is -3.65. The van der Waals surface area contributed by atoms with E-state index in [4.69, 9.17) is 4.74 Å². The summed E-state index contributed by atoms with van der Waals surface area (Å²) in [6.07, 6.45) is 0. The van der Waals surface area contributed by atoms with Crippen LogP contribution in [0.1, 0.15) is 12.5 Å². The Morgan fingerprint density at radius 2 is 1.70 bits per heavy atom. The second-order valence-electron chi connectivity index (χ2n) is 7.90. The SMILES string of the molecule is CC1(c2ccccc2)NC(=O)N(CC(=O)Nc2ccc(S(=O)(=O)N3CCOCC3)cc2)C1=O. The monoisotopic (exact) mass is 472 g/mol. The van der Waals surface area contributed by atoms with E-state index in [9.17, 15) is 22.8 Å². The number of hydrogen-bond acceptors (Lipinski definition) is 6. The van der Waals surface area contributed by atoms with E-state index in [1.807, 2.05) is 0 Å². The Labute approximate surface area is 191 Å². The van der Waals surface area contributed by atoms with Gasteiger partial charge < -0.3 is 15.4 Å². The molecule has 2 saturated heterocycles. The fraction of sp³-hybridized carbons (Fsp3) is 0.318. The summed E-state index contributed by atoms with van der Waals surface area (Å²) in [4.78, 5) is 38.8.